The standard InChI is InChI=1S/2C10H16N2O8.2H3N.4Na.4H/c2*13-7(14)3-11(4-8(15)16)1-2-12(5-9(17)18)6-10(19)20;;;;;;;;;;/h2*1-6H2,(H,13,14)(H,15,16)(H,17,18)(H,19,20);2*1H3;;;;;;;;/q;;;;4*+1;4*-1. The van der Waals surface area contributed by atoms with Crippen LogP contribution in [0.15, 0.2) is 0 Å². The third-order valence-corrected chi connectivity index (χ3v) is 4.34. The van der Waals surface area contributed by atoms with Crippen LogP contribution in [-0.2, 0) is 38.4 Å². The normalized spacial score (nSPS) is 9.30. The first kappa shape index (κ1) is 64.1. The first-order valence-electron chi connectivity index (χ1n) is 11.0. The van der Waals surface area contributed by atoms with E-state index in [1.165, 1.54) is 0 Å². The van der Waals surface area contributed by atoms with Gasteiger partial charge in [-0.1, -0.05) is 0 Å². The van der Waals surface area contributed by atoms with Gasteiger partial charge in [-0.15, -0.1) is 0 Å². The molecule has 0 atom stereocenters. The molecular formula is C20H42N6Na4O16. The van der Waals surface area contributed by atoms with Crippen LogP contribution in [0.1, 0.15) is 5.71 Å². The molecule has 0 aromatic rings. The van der Waals surface area contributed by atoms with Gasteiger partial charge in [0.25, 0.3) is 0 Å². The maximum absolute atomic E-state index is 10.6. The third-order valence-electron chi connectivity index (χ3n) is 4.34. The van der Waals surface area contributed by atoms with Crippen molar-refractivity contribution in [2.24, 2.45) is 0 Å². The molecule has 0 heterocycles. The van der Waals surface area contributed by atoms with Gasteiger partial charge in [-0.05, 0) is 0 Å². The maximum atomic E-state index is 10.6. The Kier molecular flexibility index (Phi) is 52.0. The van der Waals surface area contributed by atoms with Crippen molar-refractivity contribution in [3.63, 3.8) is 0 Å². The Hall–Kier alpha value is -0.480. The fourth-order valence-corrected chi connectivity index (χ4v) is 2.95. The molecule has 0 spiro atoms. The first-order chi connectivity index (χ1) is 18.4. The zero-order chi connectivity index (χ0) is 31.4. The summed E-state index contributed by atoms with van der Waals surface area (Å²) in [5, 5.41) is 68.9. The van der Waals surface area contributed by atoms with E-state index in [-0.39, 0.29) is 162 Å². The van der Waals surface area contributed by atoms with Crippen molar-refractivity contribution in [1.82, 2.24) is 31.9 Å². The van der Waals surface area contributed by atoms with E-state index in [2.05, 4.69) is 0 Å². The zero-order valence-electron chi connectivity index (χ0n) is 30.5. The summed E-state index contributed by atoms with van der Waals surface area (Å²) >= 11 is 0. The van der Waals surface area contributed by atoms with E-state index in [0.717, 1.165) is 19.6 Å². The predicted molar refractivity (Wildman–Crippen MR) is 141 cm³/mol. The fraction of sp³-hybridized carbons (Fsp3) is 0.600. The van der Waals surface area contributed by atoms with E-state index in [0.29, 0.717) is 0 Å². The summed E-state index contributed by atoms with van der Waals surface area (Å²) in [5.41, 5.74) is 0. The van der Waals surface area contributed by atoms with Gasteiger partial charge in [-0.25, -0.2) is 0 Å². The minimum Gasteiger partial charge on any atom is -1.00 e. The second kappa shape index (κ2) is 37.3. The topological polar surface area (TPSA) is 381 Å². The summed E-state index contributed by atoms with van der Waals surface area (Å²) in [6.07, 6.45) is 0. The average molecular weight is 715 g/mol. The van der Waals surface area contributed by atoms with Crippen LogP contribution < -0.4 is 131 Å². The molecule has 0 bridgehead atoms. The first-order valence-corrected chi connectivity index (χ1v) is 11.0. The molecule has 46 heavy (non-hydrogen) atoms. The van der Waals surface area contributed by atoms with Crippen LogP contribution in [0.25, 0.3) is 0 Å². The second-order valence-corrected chi connectivity index (χ2v) is 7.99. The molecule has 22 nitrogen and oxygen atoms in total. The van der Waals surface area contributed by atoms with Crippen molar-refractivity contribution < 1.29 is 203 Å². The van der Waals surface area contributed by atoms with Gasteiger partial charge in [0.05, 0.1) is 52.4 Å². The molecule has 14 N–H and O–H groups in total. The van der Waals surface area contributed by atoms with Crippen LogP contribution in [0.3, 0.4) is 0 Å². The van der Waals surface area contributed by atoms with Crippen molar-refractivity contribution in [1.29, 1.82) is 0 Å². The molecular weight excluding hydrogens is 672 g/mol. The Morgan fingerprint density at radius 1 is 0.304 bits per heavy atom. The molecule has 0 aliphatic carbocycles. The summed E-state index contributed by atoms with van der Waals surface area (Å²) in [7, 11) is 0. The molecule has 0 aliphatic rings. The van der Waals surface area contributed by atoms with Crippen LogP contribution in [0.5, 0.6) is 0 Å². The van der Waals surface area contributed by atoms with Gasteiger partial charge in [0.15, 0.2) is 0 Å². The number of hydrogen-bond donors (Lipinski definition) is 10. The van der Waals surface area contributed by atoms with E-state index in [1.54, 1.807) is 0 Å². The largest absolute Gasteiger partial charge is 1.00 e. The van der Waals surface area contributed by atoms with Gasteiger partial charge in [0.2, 0.25) is 0 Å². The monoisotopic (exact) mass is 714 g/mol. The molecule has 0 aromatic carbocycles. The van der Waals surface area contributed by atoms with E-state index in [1.807, 2.05) is 0 Å². The van der Waals surface area contributed by atoms with Crippen molar-refractivity contribution in [3.8, 4) is 0 Å². The van der Waals surface area contributed by atoms with E-state index in [4.69, 9.17) is 40.9 Å². The number of carbonyl (C=O) groups is 8. The molecule has 0 rings (SSSR count). The SMILES string of the molecule is N.N.O=C(O)CN(CCN(CC(=O)O)CC(=O)O)CC(=O)O.O=C(O)CN(CCN(CC(=O)O)CC(=O)O)CC(=O)O.[H-].[H-].[H-].[H-].[Na+].[Na+].[Na+].[Na+]. The number of aliphatic carboxylic acids is 8. The number of carboxylic acids is 8. The van der Waals surface area contributed by atoms with Gasteiger partial charge in [0.1, 0.15) is 0 Å². The van der Waals surface area contributed by atoms with Crippen molar-refractivity contribution in [3.05, 3.63) is 0 Å². The Balaban J connectivity index is -0.0000000481. The van der Waals surface area contributed by atoms with Gasteiger partial charge in [-0.3, -0.25) is 58.0 Å². The molecule has 0 fully saturated rings. The molecule has 0 saturated heterocycles. The minimum absolute atomic E-state index is 0. The van der Waals surface area contributed by atoms with Gasteiger partial charge >= 0.3 is 166 Å². The Morgan fingerprint density at radius 3 is 0.457 bits per heavy atom. The van der Waals surface area contributed by atoms with Crippen LogP contribution in [0.4, 0.5) is 0 Å². The average Bonchev–Trinajstić information content (AvgIpc) is 2.72. The number of rotatable bonds is 22. The number of nitrogens with zero attached hydrogens (tertiary/aromatic N) is 4. The summed E-state index contributed by atoms with van der Waals surface area (Å²) < 4.78 is 0. The van der Waals surface area contributed by atoms with Crippen LogP contribution in [0.2, 0.25) is 0 Å². The summed E-state index contributed by atoms with van der Waals surface area (Å²) in [5.74, 6) is -9.82. The van der Waals surface area contributed by atoms with Gasteiger partial charge in [0, 0.05) is 26.2 Å². The Morgan fingerprint density at radius 2 is 0.391 bits per heavy atom. The van der Waals surface area contributed by atoms with E-state index in [9.17, 15) is 38.4 Å². The minimum atomic E-state index is -1.23. The second-order valence-electron chi connectivity index (χ2n) is 7.99. The molecule has 0 aromatic heterocycles. The Labute approximate surface area is 357 Å². The quantitative estimate of drug-likeness (QED) is 0.0465. The van der Waals surface area contributed by atoms with Crippen molar-refractivity contribution >= 4 is 47.8 Å². The summed E-state index contributed by atoms with van der Waals surface area (Å²) in [4.78, 5) is 88.7. The molecule has 0 radical (unpaired) electrons. The molecule has 0 saturated carbocycles. The smallest absolute Gasteiger partial charge is 1.00 e. The predicted octanol–water partition coefficient (Wildman–Crippen LogP) is -15.4. The van der Waals surface area contributed by atoms with Crippen molar-refractivity contribution in [2.45, 2.75) is 0 Å². The molecule has 0 unspecified atom stereocenters. The summed E-state index contributed by atoms with van der Waals surface area (Å²) in [6, 6.07) is 0. The Bertz CT molecular complexity index is 749. The summed E-state index contributed by atoms with van der Waals surface area (Å²) in [6.45, 7) is -4.50. The van der Waals surface area contributed by atoms with E-state index >= 15 is 0 Å². The van der Waals surface area contributed by atoms with Crippen LogP contribution in [0, 0.1) is 0 Å². The van der Waals surface area contributed by atoms with Crippen molar-refractivity contribution in [2.75, 3.05) is 78.5 Å². The fourth-order valence-electron chi connectivity index (χ4n) is 2.95. The van der Waals surface area contributed by atoms with Gasteiger partial charge < -0.3 is 58.9 Å². The van der Waals surface area contributed by atoms with Gasteiger partial charge in [-0.2, -0.15) is 0 Å². The molecule has 0 aliphatic heterocycles. The van der Waals surface area contributed by atoms with Crippen LogP contribution in [-0.4, -0.2) is 187 Å². The van der Waals surface area contributed by atoms with Crippen LogP contribution >= 0.6 is 0 Å². The number of carboxylic acid groups (broad SMARTS) is 8. The molecule has 252 valence electrons. The zero-order valence-corrected chi connectivity index (χ0v) is 34.5. The number of hydrogen-bond acceptors (Lipinski definition) is 14. The maximum Gasteiger partial charge on any atom is 1.00 e. The van der Waals surface area contributed by atoms with E-state index < -0.39 is 100 Å². The third kappa shape index (κ3) is 45.6. The molecule has 26 heteroatoms. The molecule has 0 amide bonds.